The summed E-state index contributed by atoms with van der Waals surface area (Å²) in [7, 11) is 0. The SMILES string of the molecule is Cc1ccc(C)c(NC(=O)C2N(CCCCO)C(=O)[C@@H]3[C@H](C(=O)Nc4ccccc4)[C@@H]4CCC23O4)c1. The standard InChI is InChI=1S/C28H33N3O5/c1-17-10-11-18(2)20(16-17)30-26(34)24-28-13-12-21(36-28)22(25(33)29-19-8-4-3-5-9-19)23(28)27(35)31(24)14-6-7-15-32/h3-5,8-11,16,21-24,32H,6-7,12-15H2,1-2H3,(H,29,33)(H,30,34)/t21-,22+,23-,24?,28?/m0/s1. The molecule has 2 aromatic rings. The van der Waals surface area contributed by atoms with Gasteiger partial charge >= 0.3 is 0 Å². The summed E-state index contributed by atoms with van der Waals surface area (Å²) >= 11 is 0. The first-order chi connectivity index (χ1) is 17.4. The molecule has 0 saturated carbocycles. The van der Waals surface area contributed by atoms with Gasteiger partial charge in [-0.2, -0.15) is 0 Å². The molecule has 2 bridgehead atoms. The lowest BCUT2D eigenvalue weighted by Crippen LogP contribution is -2.53. The van der Waals surface area contributed by atoms with E-state index in [1.165, 1.54) is 0 Å². The van der Waals surface area contributed by atoms with Crippen LogP contribution in [0.4, 0.5) is 11.4 Å². The number of benzene rings is 2. The van der Waals surface area contributed by atoms with Crippen LogP contribution in [-0.4, -0.2) is 58.6 Å². The second-order valence-electron chi connectivity index (χ2n) is 10.2. The van der Waals surface area contributed by atoms with Crippen LogP contribution in [0.2, 0.25) is 0 Å². The van der Waals surface area contributed by atoms with Gasteiger partial charge in [-0.05, 0) is 68.9 Å². The van der Waals surface area contributed by atoms with Crippen molar-refractivity contribution in [2.45, 2.75) is 57.3 Å². The number of aryl methyl sites for hydroxylation is 2. The van der Waals surface area contributed by atoms with Crippen molar-refractivity contribution >= 4 is 29.1 Å². The number of aliphatic hydroxyl groups is 1. The van der Waals surface area contributed by atoms with E-state index in [2.05, 4.69) is 10.6 Å². The van der Waals surface area contributed by atoms with Crippen molar-refractivity contribution in [3.8, 4) is 0 Å². The Labute approximate surface area is 211 Å². The molecule has 3 N–H and O–H groups in total. The van der Waals surface area contributed by atoms with Crippen molar-refractivity contribution in [1.29, 1.82) is 0 Å². The van der Waals surface area contributed by atoms with Crippen LogP contribution in [-0.2, 0) is 19.1 Å². The minimum absolute atomic E-state index is 0.0105. The van der Waals surface area contributed by atoms with Crippen molar-refractivity contribution in [2.75, 3.05) is 23.8 Å². The zero-order valence-corrected chi connectivity index (χ0v) is 20.7. The number of hydrogen-bond acceptors (Lipinski definition) is 5. The number of unbranched alkanes of at least 4 members (excludes halogenated alkanes) is 1. The van der Waals surface area contributed by atoms with Gasteiger partial charge in [-0.1, -0.05) is 30.3 Å². The summed E-state index contributed by atoms with van der Waals surface area (Å²) in [5.74, 6) is -2.15. The maximum Gasteiger partial charge on any atom is 0.250 e. The molecule has 8 nitrogen and oxygen atoms in total. The molecular formula is C28H33N3O5. The molecule has 3 heterocycles. The molecular weight excluding hydrogens is 458 g/mol. The third kappa shape index (κ3) is 4.08. The fraction of sp³-hybridized carbons (Fsp3) is 0.464. The van der Waals surface area contributed by atoms with Crippen LogP contribution in [0, 0.1) is 25.7 Å². The summed E-state index contributed by atoms with van der Waals surface area (Å²) in [6.07, 6.45) is 1.84. The summed E-state index contributed by atoms with van der Waals surface area (Å²) in [4.78, 5) is 42.7. The third-order valence-corrected chi connectivity index (χ3v) is 7.85. The fourth-order valence-electron chi connectivity index (χ4n) is 6.21. The Morgan fingerprint density at radius 2 is 1.86 bits per heavy atom. The number of nitrogens with one attached hydrogen (secondary N) is 2. The fourth-order valence-corrected chi connectivity index (χ4v) is 6.21. The maximum atomic E-state index is 13.8. The summed E-state index contributed by atoms with van der Waals surface area (Å²) in [5, 5.41) is 15.3. The van der Waals surface area contributed by atoms with Gasteiger partial charge in [-0.15, -0.1) is 0 Å². The average molecular weight is 492 g/mol. The number of fused-ring (bicyclic) bond motifs is 1. The maximum absolute atomic E-state index is 13.8. The molecule has 3 amide bonds. The van der Waals surface area contributed by atoms with Crippen molar-refractivity contribution in [3.05, 3.63) is 59.7 Å². The molecule has 5 atom stereocenters. The molecule has 8 heteroatoms. The van der Waals surface area contributed by atoms with Gasteiger partial charge in [0.15, 0.2) is 0 Å². The Kier molecular flexibility index (Phi) is 6.57. The third-order valence-electron chi connectivity index (χ3n) is 7.85. The first-order valence-corrected chi connectivity index (χ1v) is 12.7. The molecule has 0 aliphatic carbocycles. The van der Waals surface area contributed by atoms with E-state index >= 15 is 0 Å². The Morgan fingerprint density at radius 3 is 2.61 bits per heavy atom. The highest BCUT2D eigenvalue weighted by atomic mass is 16.5. The zero-order chi connectivity index (χ0) is 25.4. The number of carbonyl (C=O) groups is 3. The van der Waals surface area contributed by atoms with E-state index < -0.39 is 29.6 Å². The van der Waals surface area contributed by atoms with Gasteiger partial charge in [0.1, 0.15) is 11.6 Å². The van der Waals surface area contributed by atoms with E-state index in [4.69, 9.17) is 4.74 Å². The Balaban J connectivity index is 1.46. The van der Waals surface area contributed by atoms with E-state index in [0.717, 1.165) is 11.1 Å². The summed E-state index contributed by atoms with van der Waals surface area (Å²) in [5.41, 5.74) is 2.27. The van der Waals surface area contributed by atoms with Crippen molar-refractivity contribution in [3.63, 3.8) is 0 Å². The number of anilines is 2. The number of nitrogens with zero attached hydrogens (tertiary/aromatic N) is 1. The number of para-hydroxylation sites is 1. The van der Waals surface area contributed by atoms with Crippen LogP contribution < -0.4 is 10.6 Å². The summed E-state index contributed by atoms with van der Waals surface area (Å²) in [6, 6.07) is 14.2. The molecule has 2 unspecified atom stereocenters. The molecule has 5 rings (SSSR count). The average Bonchev–Trinajstić information content (AvgIpc) is 3.50. The highest BCUT2D eigenvalue weighted by molar-refractivity contribution is 6.05. The van der Waals surface area contributed by atoms with Gasteiger partial charge in [0.25, 0.3) is 0 Å². The van der Waals surface area contributed by atoms with E-state index in [1.807, 2.05) is 50.2 Å². The molecule has 3 saturated heterocycles. The smallest absolute Gasteiger partial charge is 0.250 e. The lowest BCUT2D eigenvalue weighted by atomic mass is 9.70. The number of hydrogen-bond donors (Lipinski definition) is 3. The van der Waals surface area contributed by atoms with Crippen LogP contribution in [0.3, 0.4) is 0 Å². The monoisotopic (exact) mass is 491 g/mol. The topological polar surface area (TPSA) is 108 Å². The predicted molar refractivity (Wildman–Crippen MR) is 135 cm³/mol. The van der Waals surface area contributed by atoms with Crippen molar-refractivity contribution in [1.82, 2.24) is 4.90 Å². The highest BCUT2D eigenvalue weighted by Gasteiger charge is 2.74. The van der Waals surface area contributed by atoms with E-state index in [0.29, 0.717) is 43.6 Å². The van der Waals surface area contributed by atoms with E-state index in [9.17, 15) is 19.5 Å². The Bertz CT molecular complexity index is 1170. The molecule has 3 fully saturated rings. The predicted octanol–water partition coefficient (Wildman–Crippen LogP) is 3.03. The minimum atomic E-state index is -1.04. The number of aliphatic hydroxyl groups excluding tert-OH is 1. The van der Waals surface area contributed by atoms with Gasteiger partial charge in [-0.25, -0.2) is 0 Å². The van der Waals surface area contributed by atoms with E-state index in [1.54, 1.807) is 17.0 Å². The number of rotatable bonds is 8. The van der Waals surface area contributed by atoms with Gasteiger partial charge in [0.2, 0.25) is 17.7 Å². The number of amides is 3. The molecule has 36 heavy (non-hydrogen) atoms. The van der Waals surface area contributed by atoms with Gasteiger partial charge in [0.05, 0.1) is 17.9 Å². The molecule has 3 aliphatic heterocycles. The first kappa shape index (κ1) is 24.5. The lowest BCUT2D eigenvalue weighted by molar-refractivity contribution is -0.139. The van der Waals surface area contributed by atoms with Crippen LogP contribution in [0.25, 0.3) is 0 Å². The van der Waals surface area contributed by atoms with Crippen LogP contribution >= 0.6 is 0 Å². The second kappa shape index (κ2) is 9.67. The van der Waals surface area contributed by atoms with Gasteiger partial charge in [0, 0.05) is 24.5 Å². The molecule has 0 radical (unpaired) electrons. The molecule has 190 valence electrons. The Morgan fingerprint density at radius 1 is 1.08 bits per heavy atom. The Hall–Kier alpha value is -3.23. The van der Waals surface area contributed by atoms with Crippen molar-refractivity contribution in [2.24, 2.45) is 11.8 Å². The summed E-state index contributed by atoms with van der Waals surface area (Å²) < 4.78 is 6.45. The minimum Gasteiger partial charge on any atom is -0.396 e. The zero-order valence-electron chi connectivity index (χ0n) is 20.7. The normalized spacial score (nSPS) is 28.3. The molecule has 0 aromatic heterocycles. The summed E-state index contributed by atoms with van der Waals surface area (Å²) in [6.45, 7) is 4.22. The van der Waals surface area contributed by atoms with Crippen molar-refractivity contribution < 1.29 is 24.2 Å². The molecule has 3 aliphatic rings. The lowest BCUT2D eigenvalue weighted by Gasteiger charge is -2.33. The molecule has 2 aromatic carbocycles. The highest BCUT2D eigenvalue weighted by Crippen LogP contribution is 2.58. The number of carbonyl (C=O) groups excluding carboxylic acids is 3. The van der Waals surface area contributed by atoms with Crippen LogP contribution in [0.15, 0.2) is 48.5 Å². The molecule has 1 spiro atoms. The largest absolute Gasteiger partial charge is 0.396 e. The van der Waals surface area contributed by atoms with Crippen LogP contribution in [0.1, 0.15) is 36.8 Å². The number of ether oxygens (including phenoxy) is 1. The first-order valence-electron chi connectivity index (χ1n) is 12.7. The van der Waals surface area contributed by atoms with Crippen LogP contribution in [0.5, 0.6) is 0 Å². The quantitative estimate of drug-likeness (QED) is 0.492. The van der Waals surface area contributed by atoms with Gasteiger partial charge < -0.3 is 25.4 Å². The van der Waals surface area contributed by atoms with E-state index in [-0.39, 0.29) is 24.3 Å². The van der Waals surface area contributed by atoms with Gasteiger partial charge in [-0.3, -0.25) is 14.4 Å². The number of likely N-dealkylation sites (tertiary alicyclic amines) is 1. The second-order valence-corrected chi connectivity index (χ2v) is 10.2.